The molecule has 2 heterocycles. The van der Waals surface area contributed by atoms with Crippen LogP contribution in [0.4, 0.5) is 4.39 Å². The second kappa shape index (κ2) is 5.42. The van der Waals surface area contributed by atoms with Crippen LogP contribution >= 0.6 is 0 Å². The molecule has 3 rings (SSSR count). The van der Waals surface area contributed by atoms with Crippen LogP contribution in [0.25, 0.3) is 0 Å². The first-order valence-corrected chi connectivity index (χ1v) is 7.19. The Balaban J connectivity index is 1.70. The highest BCUT2D eigenvalue weighted by Crippen LogP contribution is 2.38. The number of rotatable bonds is 2. The van der Waals surface area contributed by atoms with Gasteiger partial charge in [-0.25, -0.2) is 4.39 Å². The van der Waals surface area contributed by atoms with E-state index in [1.807, 2.05) is 0 Å². The number of fused-ring (bicyclic) bond motifs is 1. The molecule has 0 bridgehead atoms. The molecule has 2 fully saturated rings. The van der Waals surface area contributed by atoms with Crippen LogP contribution in [0.1, 0.15) is 29.6 Å². The predicted octanol–water partition coefficient (Wildman–Crippen LogP) is 1.21. The lowest BCUT2D eigenvalue weighted by atomic mass is 9.89. The fourth-order valence-electron chi connectivity index (χ4n) is 3.45. The fraction of sp³-hybridized carbons (Fsp3) is 0.533. The van der Waals surface area contributed by atoms with Gasteiger partial charge in [-0.15, -0.1) is 0 Å². The minimum atomic E-state index is -0.510. The maximum Gasteiger partial charge on any atom is 0.255 e. The molecular weight excluding hydrogens is 273 g/mol. The van der Waals surface area contributed by atoms with Crippen molar-refractivity contribution >= 4 is 11.8 Å². The van der Waals surface area contributed by atoms with Gasteiger partial charge >= 0.3 is 0 Å². The first-order valence-electron chi connectivity index (χ1n) is 7.19. The zero-order chi connectivity index (χ0) is 15.0. The molecule has 5 nitrogen and oxygen atoms in total. The largest absolute Gasteiger partial charge is 0.356 e. The van der Waals surface area contributed by atoms with Gasteiger partial charge in [0.15, 0.2) is 0 Å². The minimum Gasteiger partial charge on any atom is -0.356 e. The van der Waals surface area contributed by atoms with Gasteiger partial charge in [0.25, 0.3) is 5.91 Å². The molecule has 1 saturated heterocycles. The van der Waals surface area contributed by atoms with E-state index in [0.717, 1.165) is 19.0 Å². The van der Waals surface area contributed by atoms with Crippen molar-refractivity contribution in [3.05, 3.63) is 29.8 Å². The normalized spacial score (nSPS) is 27.9. The number of nitrogens with one attached hydrogen (secondary N) is 1. The molecule has 1 N–H and O–H groups in total. The highest BCUT2D eigenvalue weighted by Gasteiger charge is 2.40. The topological polar surface area (TPSA) is 62.3 Å². The summed E-state index contributed by atoms with van der Waals surface area (Å²) in [5.41, 5.74) is 0.265. The molecule has 1 aliphatic carbocycles. The van der Waals surface area contributed by atoms with E-state index in [-0.39, 0.29) is 23.4 Å². The summed E-state index contributed by atoms with van der Waals surface area (Å²) in [5.74, 6) is 0.160. The number of hydrogen-bond acceptors (Lipinski definition) is 3. The monoisotopic (exact) mass is 291 g/mol. The van der Waals surface area contributed by atoms with Crippen molar-refractivity contribution in [1.29, 1.82) is 0 Å². The number of aromatic nitrogens is 1. The number of amides is 2. The van der Waals surface area contributed by atoms with E-state index in [9.17, 15) is 14.0 Å². The lowest BCUT2D eigenvalue weighted by Crippen LogP contribution is -2.38. The van der Waals surface area contributed by atoms with E-state index in [2.05, 4.69) is 10.3 Å². The van der Waals surface area contributed by atoms with Crippen LogP contribution in [0.2, 0.25) is 0 Å². The fourth-order valence-corrected chi connectivity index (χ4v) is 3.45. The Morgan fingerprint density at radius 2 is 2.14 bits per heavy atom. The molecular formula is C15H18FN3O2. The summed E-state index contributed by atoms with van der Waals surface area (Å²) in [5, 5.41) is 2.88. The average Bonchev–Trinajstić information content (AvgIpc) is 2.88. The third-order valence-electron chi connectivity index (χ3n) is 4.65. The molecule has 0 radical (unpaired) electrons. The van der Waals surface area contributed by atoms with Crippen molar-refractivity contribution in [2.24, 2.45) is 11.8 Å². The molecule has 21 heavy (non-hydrogen) atoms. The van der Waals surface area contributed by atoms with Gasteiger partial charge in [-0.1, -0.05) is 0 Å². The van der Waals surface area contributed by atoms with Crippen molar-refractivity contribution in [2.45, 2.75) is 25.3 Å². The number of carbonyl (C=O) groups is 2. The minimum absolute atomic E-state index is 0.0974. The molecule has 6 heteroatoms. The lowest BCUT2D eigenvalue weighted by molar-refractivity contribution is -0.124. The van der Waals surface area contributed by atoms with Gasteiger partial charge in [0.1, 0.15) is 5.82 Å². The Hall–Kier alpha value is -1.98. The van der Waals surface area contributed by atoms with Gasteiger partial charge in [0.2, 0.25) is 5.91 Å². The van der Waals surface area contributed by atoms with Gasteiger partial charge in [-0.05, 0) is 30.7 Å². The van der Waals surface area contributed by atoms with Crippen LogP contribution in [-0.4, -0.2) is 41.3 Å². The number of nitrogens with zero attached hydrogens (tertiary/aromatic N) is 2. The summed E-state index contributed by atoms with van der Waals surface area (Å²) in [4.78, 5) is 29.2. The van der Waals surface area contributed by atoms with Crippen LogP contribution in [-0.2, 0) is 4.79 Å². The highest BCUT2D eigenvalue weighted by molar-refractivity contribution is 5.94. The Morgan fingerprint density at radius 1 is 1.38 bits per heavy atom. The van der Waals surface area contributed by atoms with E-state index in [1.54, 1.807) is 11.9 Å². The summed E-state index contributed by atoms with van der Waals surface area (Å²) in [6, 6.07) is 1.31. The number of halogens is 1. The maximum atomic E-state index is 13.2. The van der Waals surface area contributed by atoms with Crippen molar-refractivity contribution in [3.63, 3.8) is 0 Å². The van der Waals surface area contributed by atoms with E-state index in [4.69, 9.17) is 0 Å². The predicted molar refractivity (Wildman–Crippen MR) is 73.9 cm³/mol. The van der Waals surface area contributed by atoms with Crippen molar-refractivity contribution in [2.75, 3.05) is 13.6 Å². The van der Waals surface area contributed by atoms with Crippen LogP contribution < -0.4 is 5.32 Å². The van der Waals surface area contributed by atoms with Gasteiger partial charge in [0.05, 0.1) is 11.8 Å². The molecule has 3 atom stereocenters. The van der Waals surface area contributed by atoms with E-state index < -0.39 is 5.82 Å². The number of hydrogen-bond donors (Lipinski definition) is 1. The molecule has 2 aliphatic rings. The van der Waals surface area contributed by atoms with Gasteiger partial charge in [-0.2, -0.15) is 0 Å². The molecule has 1 aliphatic heterocycles. The molecule has 0 unspecified atom stereocenters. The molecule has 112 valence electrons. The molecule has 1 saturated carbocycles. The Kier molecular flexibility index (Phi) is 3.61. The summed E-state index contributed by atoms with van der Waals surface area (Å²) in [7, 11) is 1.74. The molecule has 1 aromatic rings. The van der Waals surface area contributed by atoms with E-state index in [1.165, 1.54) is 12.3 Å². The SMILES string of the molecule is CN(C(=O)c1cncc(F)c1)[C@H]1C[C@H]2CNC(=O)C[C@H]2C1. The van der Waals surface area contributed by atoms with Crippen molar-refractivity contribution in [3.8, 4) is 0 Å². The molecule has 0 spiro atoms. The Labute approximate surface area is 122 Å². The van der Waals surface area contributed by atoms with Crippen LogP contribution in [0.5, 0.6) is 0 Å². The summed E-state index contributed by atoms with van der Waals surface area (Å²) >= 11 is 0. The zero-order valence-electron chi connectivity index (χ0n) is 11.9. The maximum absolute atomic E-state index is 13.2. The molecule has 0 aromatic carbocycles. The molecule has 1 aromatic heterocycles. The summed E-state index contributed by atoms with van der Waals surface area (Å²) in [6.45, 7) is 0.698. The third kappa shape index (κ3) is 2.75. The van der Waals surface area contributed by atoms with Crippen LogP contribution in [0, 0.1) is 17.7 Å². The standard InChI is InChI=1S/C15H18FN3O2/c1-19(15(21)11-2-12(16)8-17-6-11)13-3-9-5-14(20)18-7-10(9)4-13/h2,6,8-10,13H,3-5,7H2,1H3,(H,18,20)/t9-,10+,13-/m1/s1. The van der Waals surface area contributed by atoms with Gasteiger partial charge in [0, 0.05) is 32.3 Å². The third-order valence-corrected chi connectivity index (χ3v) is 4.65. The Bertz CT molecular complexity index is 578. The van der Waals surface area contributed by atoms with Crippen molar-refractivity contribution < 1.29 is 14.0 Å². The smallest absolute Gasteiger partial charge is 0.255 e. The average molecular weight is 291 g/mol. The molecule has 2 amide bonds. The van der Waals surface area contributed by atoms with E-state index in [0.29, 0.717) is 24.8 Å². The van der Waals surface area contributed by atoms with Crippen LogP contribution in [0.3, 0.4) is 0 Å². The quantitative estimate of drug-likeness (QED) is 0.891. The Morgan fingerprint density at radius 3 is 2.90 bits per heavy atom. The van der Waals surface area contributed by atoms with Crippen LogP contribution in [0.15, 0.2) is 18.5 Å². The van der Waals surface area contributed by atoms with Gasteiger partial charge in [-0.3, -0.25) is 14.6 Å². The highest BCUT2D eigenvalue weighted by atomic mass is 19.1. The second-order valence-electron chi connectivity index (χ2n) is 5.96. The number of pyridine rings is 1. The summed E-state index contributed by atoms with van der Waals surface area (Å²) in [6.07, 6.45) is 4.73. The first kappa shape index (κ1) is 14.0. The first-order chi connectivity index (χ1) is 10.0. The van der Waals surface area contributed by atoms with Gasteiger partial charge < -0.3 is 10.2 Å². The summed E-state index contributed by atoms with van der Waals surface area (Å²) < 4.78 is 13.2. The zero-order valence-corrected chi connectivity index (χ0v) is 11.9. The second-order valence-corrected chi connectivity index (χ2v) is 5.96. The van der Waals surface area contributed by atoms with E-state index >= 15 is 0 Å². The lowest BCUT2D eigenvalue weighted by Gasteiger charge is -2.24. The number of carbonyl (C=O) groups excluding carboxylic acids is 2. The number of piperidine rings is 1. The van der Waals surface area contributed by atoms with Crippen molar-refractivity contribution in [1.82, 2.24) is 15.2 Å².